The van der Waals surface area contributed by atoms with Crippen molar-refractivity contribution < 1.29 is 4.42 Å². The van der Waals surface area contributed by atoms with Crippen LogP contribution >= 0.6 is 0 Å². The highest BCUT2D eigenvalue weighted by Gasteiger charge is 2.35. The Morgan fingerprint density at radius 2 is 2.18 bits per heavy atom. The number of furan rings is 1. The molecular formula is C20H25NO. The molecule has 2 nitrogen and oxygen atoms in total. The topological polar surface area (TPSA) is 16.4 Å². The van der Waals surface area contributed by atoms with Crippen LogP contribution in [0.2, 0.25) is 0 Å². The lowest BCUT2D eigenvalue weighted by Crippen LogP contribution is -2.47. The van der Waals surface area contributed by atoms with E-state index in [4.69, 9.17) is 4.42 Å². The molecule has 1 aliphatic carbocycles. The standard InChI is InChI=1S/C20H25NO/c1-2-16-12-15-6-5-8-19(16)21(13-15)11-10-17-14-22-20-9-4-3-7-18(17)20/h3-7,9,14-16,19H,2,8,10-13H2,1H3. The number of nitrogens with zero attached hydrogens (tertiary/aromatic N) is 1. The van der Waals surface area contributed by atoms with E-state index in [1.807, 2.05) is 12.3 Å². The molecule has 0 amide bonds. The normalized spacial score (nSPS) is 28.3. The van der Waals surface area contributed by atoms with Crippen molar-refractivity contribution >= 4 is 11.0 Å². The van der Waals surface area contributed by atoms with Gasteiger partial charge in [-0.1, -0.05) is 43.7 Å². The van der Waals surface area contributed by atoms with Gasteiger partial charge in [0.05, 0.1) is 6.26 Å². The molecule has 2 heteroatoms. The molecule has 0 spiro atoms. The van der Waals surface area contributed by atoms with Crippen LogP contribution in [0.25, 0.3) is 11.0 Å². The van der Waals surface area contributed by atoms with E-state index >= 15 is 0 Å². The van der Waals surface area contributed by atoms with Crippen LogP contribution < -0.4 is 0 Å². The van der Waals surface area contributed by atoms with E-state index in [9.17, 15) is 0 Å². The Balaban J connectivity index is 1.49. The zero-order valence-electron chi connectivity index (χ0n) is 13.4. The van der Waals surface area contributed by atoms with Crippen LogP contribution in [-0.4, -0.2) is 24.0 Å². The highest BCUT2D eigenvalue weighted by molar-refractivity contribution is 5.80. The Bertz CT molecular complexity index is 671. The van der Waals surface area contributed by atoms with Crippen molar-refractivity contribution in [2.24, 2.45) is 11.8 Å². The van der Waals surface area contributed by atoms with Crippen LogP contribution in [0.3, 0.4) is 0 Å². The lowest BCUT2D eigenvalue weighted by molar-refractivity contribution is 0.0763. The third-order valence-corrected chi connectivity index (χ3v) is 5.63. The highest BCUT2D eigenvalue weighted by Crippen LogP contribution is 2.35. The highest BCUT2D eigenvalue weighted by atomic mass is 16.3. The zero-order valence-corrected chi connectivity index (χ0v) is 13.4. The molecule has 2 bridgehead atoms. The summed E-state index contributed by atoms with van der Waals surface area (Å²) >= 11 is 0. The molecule has 0 N–H and O–H groups in total. The molecule has 22 heavy (non-hydrogen) atoms. The maximum Gasteiger partial charge on any atom is 0.134 e. The fourth-order valence-corrected chi connectivity index (χ4v) is 4.43. The molecule has 2 aliphatic heterocycles. The summed E-state index contributed by atoms with van der Waals surface area (Å²) in [4.78, 5) is 2.74. The molecular weight excluding hydrogens is 270 g/mol. The van der Waals surface area contributed by atoms with E-state index in [1.54, 1.807) is 0 Å². The molecule has 1 fully saturated rings. The van der Waals surface area contributed by atoms with Crippen molar-refractivity contribution in [3.05, 3.63) is 48.2 Å². The predicted octanol–water partition coefficient (Wildman–Crippen LogP) is 4.65. The quantitative estimate of drug-likeness (QED) is 0.763. The van der Waals surface area contributed by atoms with Gasteiger partial charge >= 0.3 is 0 Å². The van der Waals surface area contributed by atoms with Gasteiger partial charge in [0.2, 0.25) is 0 Å². The predicted molar refractivity (Wildman–Crippen MR) is 90.9 cm³/mol. The van der Waals surface area contributed by atoms with Crippen LogP contribution in [0.15, 0.2) is 47.1 Å². The fourth-order valence-electron chi connectivity index (χ4n) is 4.43. The van der Waals surface area contributed by atoms with Crippen LogP contribution in [0, 0.1) is 11.8 Å². The Morgan fingerprint density at radius 3 is 3.09 bits per heavy atom. The van der Waals surface area contributed by atoms with Gasteiger partial charge in [0.25, 0.3) is 0 Å². The maximum atomic E-state index is 5.69. The number of hydrogen-bond donors (Lipinski definition) is 0. The molecule has 3 heterocycles. The molecule has 1 aromatic heterocycles. The maximum absolute atomic E-state index is 5.69. The average Bonchev–Trinajstić information content (AvgIpc) is 2.73. The third kappa shape index (κ3) is 2.50. The first kappa shape index (κ1) is 14.1. The molecule has 3 aliphatic rings. The summed E-state index contributed by atoms with van der Waals surface area (Å²) in [7, 11) is 0. The van der Waals surface area contributed by atoms with Gasteiger partial charge in [-0.25, -0.2) is 0 Å². The first-order valence-electron chi connectivity index (χ1n) is 8.71. The second-order valence-electron chi connectivity index (χ2n) is 6.90. The summed E-state index contributed by atoms with van der Waals surface area (Å²) < 4.78 is 5.69. The minimum atomic E-state index is 0.748. The molecule has 0 saturated carbocycles. The number of para-hydroxylation sites is 1. The number of rotatable bonds is 4. The Hall–Kier alpha value is -1.54. The van der Waals surface area contributed by atoms with E-state index in [0.717, 1.165) is 36.4 Å². The van der Waals surface area contributed by atoms with Crippen molar-refractivity contribution in [1.82, 2.24) is 4.90 Å². The minimum Gasteiger partial charge on any atom is -0.464 e. The van der Waals surface area contributed by atoms with E-state index < -0.39 is 0 Å². The third-order valence-electron chi connectivity index (χ3n) is 5.63. The first-order valence-corrected chi connectivity index (χ1v) is 8.71. The van der Waals surface area contributed by atoms with Crippen molar-refractivity contribution in [1.29, 1.82) is 0 Å². The Kier molecular flexibility index (Phi) is 3.79. The average molecular weight is 295 g/mol. The summed E-state index contributed by atoms with van der Waals surface area (Å²) in [5.41, 5.74) is 2.37. The second kappa shape index (κ2) is 5.92. The lowest BCUT2D eigenvalue weighted by Gasteiger charge is -2.42. The van der Waals surface area contributed by atoms with E-state index in [2.05, 4.69) is 42.2 Å². The zero-order chi connectivity index (χ0) is 14.9. The van der Waals surface area contributed by atoms with Crippen LogP contribution in [-0.2, 0) is 6.42 Å². The van der Waals surface area contributed by atoms with Gasteiger partial charge in [0.15, 0.2) is 0 Å². The van der Waals surface area contributed by atoms with Gasteiger partial charge < -0.3 is 4.42 Å². The number of hydrogen-bond acceptors (Lipinski definition) is 2. The molecule has 3 unspecified atom stereocenters. The van der Waals surface area contributed by atoms with Crippen molar-refractivity contribution in [3.8, 4) is 0 Å². The summed E-state index contributed by atoms with van der Waals surface area (Å²) in [5.74, 6) is 1.64. The van der Waals surface area contributed by atoms with Crippen molar-refractivity contribution in [2.75, 3.05) is 13.1 Å². The number of fused-ring (bicyclic) bond motifs is 4. The van der Waals surface area contributed by atoms with E-state index in [-0.39, 0.29) is 0 Å². The SMILES string of the molecule is CCC1CC2C=CCC1N(CCc1coc3ccccc13)C2. The molecule has 1 saturated heterocycles. The lowest BCUT2D eigenvalue weighted by atomic mass is 9.82. The van der Waals surface area contributed by atoms with E-state index in [1.165, 1.54) is 36.8 Å². The van der Waals surface area contributed by atoms with Crippen molar-refractivity contribution in [2.45, 2.75) is 38.6 Å². The summed E-state index contributed by atoms with van der Waals surface area (Å²) in [6.07, 6.45) is 11.9. The Morgan fingerprint density at radius 1 is 1.27 bits per heavy atom. The minimum absolute atomic E-state index is 0.748. The number of benzene rings is 1. The molecule has 0 radical (unpaired) electrons. The summed E-state index contributed by atoms with van der Waals surface area (Å²) in [6, 6.07) is 9.13. The van der Waals surface area contributed by atoms with Gasteiger partial charge in [-0.3, -0.25) is 4.90 Å². The molecule has 116 valence electrons. The van der Waals surface area contributed by atoms with Gasteiger partial charge in [0, 0.05) is 24.5 Å². The smallest absolute Gasteiger partial charge is 0.134 e. The fraction of sp³-hybridized carbons (Fsp3) is 0.500. The van der Waals surface area contributed by atoms with E-state index in [0.29, 0.717) is 0 Å². The summed E-state index contributed by atoms with van der Waals surface area (Å²) in [6.45, 7) is 4.75. The molecule has 1 aromatic carbocycles. The van der Waals surface area contributed by atoms with Gasteiger partial charge in [-0.05, 0) is 42.7 Å². The van der Waals surface area contributed by atoms with Crippen molar-refractivity contribution in [3.63, 3.8) is 0 Å². The molecule has 2 aromatic rings. The van der Waals surface area contributed by atoms with Crippen LogP contribution in [0.5, 0.6) is 0 Å². The number of piperidine rings is 1. The van der Waals surface area contributed by atoms with Gasteiger partial charge in [-0.15, -0.1) is 0 Å². The van der Waals surface area contributed by atoms with Gasteiger partial charge in [-0.2, -0.15) is 0 Å². The first-order chi connectivity index (χ1) is 10.8. The largest absolute Gasteiger partial charge is 0.464 e. The van der Waals surface area contributed by atoms with Crippen LogP contribution in [0.1, 0.15) is 31.7 Å². The second-order valence-corrected chi connectivity index (χ2v) is 6.90. The Labute approximate surface area is 132 Å². The van der Waals surface area contributed by atoms with Gasteiger partial charge in [0.1, 0.15) is 5.58 Å². The molecule has 3 atom stereocenters. The summed E-state index contributed by atoms with van der Waals surface area (Å²) in [5, 5.41) is 1.28. The molecule has 5 rings (SSSR count). The van der Waals surface area contributed by atoms with Crippen LogP contribution in [0.4, 0.5) is 0 Å². The monoisotopic (exact) mass is 295 g/mol.